The Hall–Kier alpha value is 0.714. The van der Waals surface area contributed by atoms with Gasteiger partial charge in [-0.1, -0.05) is 8.64 Å². The van der Waals surface area contributed by atoms with Gasteiger partial charge < -0.3 is 59.5 Å². The molecule has 2 nitrogen and oxygen atoms in total. The van der Waals surface area contributed by atoms with Crippen molar-refractivity contribution in [2.45, 2.75) is 0 Å². The van der Waals surface area contributed by atoms with Crippen molar-refractivity contribution in [3.05, 3.63) is 0 Å². The average Bonchev–Trinajstić information content (AvgIpc) is 1.88. The van der Waals surface area contributed by atoms with Gasteiger partial charge in [0.2, 0.25) is 0 Å². The van der Waals surface area contributed by atoms with E-state index in [1.807, 2.05) is 28.2 Å². The van der Waals surface area contributed by atoms with Crippen molar-refractivity contribution in [2.75, 3.05) is 28.2 Å². The molecular weight excluding hydrogens is 287 g/mol. The summed E-state index contributed by atoms with van der Waals surface area (Å²) < 4.78 is 1.02. The molecule has 0 heterocycles. The van der Waals surface area contributed by atoms with Crippen LogP contribution in [-0.4, -0.2) is 46.6 Å². The Morgan fingerprint density at radius 3 is 0.923 bits per heavy atom. The zero-order chi connectivity index (χ0) is 10.3. The van der Waals surface area contributed by atoms with Gasteiger partial charge in [-0.05, 0) is 0 Å². The van der Waals surface area contributed by atoms with Gasteiger partial charge in [0.25, 0.3) is 0 Å². The van der Waals surface area contributed by atoms with E-state index in [0.29, 0.717) is 8.64 Å². The van der Waals surface area contributed by atoms with Gasteiger partial charge in [-0.15, -0.1) is 0 Å². The molecule has 0 fully saturated rings. The van der Waals surface area contributed by atoms with Crippen LogP contribution in [0.2, 0.25) is 0 Å². The van der Waals surface area contributed by atoms with Gasteiger partial charge in [-0.3, -0.25) is 0 Å². The van der Waals surface area contributed by atoms with Gasteiger partial charge in [0, 0.05) is 28.2 Å². The van der Waals surface area contributed by atoms with Gasteiger partial charge in [-0.2, -0.15) is 0 Å². The largest absolute Gasteiger partial charge is 2.00 e. The summed E-state index contributed by atoms with van der Waals surface area (Å²) in [5, 5.41) is 0. The maximum Gasteiger partial charge on any atom is 2.00 e. The van der Waals surface area contributed by atoms with Crippen LogP contribution in [0.4, 0.5) is 0 Å². The van der Waals surface area contributed by atoms with Crippen LogP contribution in [0.1, 0.15) is 0 Å². The second kappa shape index (κ2) is 10.8. The van der Waals surface area contributed by atoms with Crippen molar-refractivity contribution < 1.29 is 16.5 Å². The number of hydrogen-bond donors (Lipinski definition) is 0. The third kappa shape index (κ3) is 19.2. The summed E-state index contributed by atoms with van der Waals surface area (Å²) in [6.07, 6.45) is 0. The van der Waals surface area contributed by atoms with Crippen molar-refractivity contribution in [3.8, 4) is 0 Å². The summed E-state index contributed by atoms with van der Waals surface area (Å²) in [6.45, 7) is 0. The molecule has 0 aromatic carbocycles. The van der Waals surface area contributed by atoms with E-state index >= 15 is 0 Å². The van der Waals surface area contributed by atoms with Gasteiger partial charge >= 0.3 is 16.5 Å². The summed E-state index contributed by atoms with van der Waals surface area (Å²) in [4.78, 5) is 3.43. The second-order valence-corrected chi connectivity index (χ2v) is 4.38. The van der Waals surface area contributed by atoms with Crippen LogP contribution < -0.4 is 0 Å². The minimum atomic E-state index is 0. The molecule has 13 heavy (non-hydrogen) atoms. The SMILES string of the molecule is CN(C)C(=S)[S-].CN(C)C(=S)[S-].[Ni+2]. The molecule has 0 unspecified atom stereocenters. The van der Waals surface area contributed by atoms with Crippen LogP contribution >= 0.6 is 24.4 Å². The third-order valence-corrected chi connectivity index (χ3v) is 2.19. The molecule has 0 N–H and O–H groups in total. The predicted octanol–water partition coefficient (Wildman–Crippen LogP) is 0.757. The molecular formula is C6H12N2NiS4. The van der Waals surface area contributed by atoms with E-state index in [1.165, 1.54) is 0 Å². The quantitative estimate of drug-likeness (QED) is 0.367. The minimum Gasteiger partial charge on any atom is -0.411 e. The van der Waals surface area contributed by atoms with Crippen molar-refractivity contribution in [1.82, 2.24) is 9.80 Å². The van der Waals surface area contributed by atoms with E-state index in [4.69, 9.17) is 0 Å². The zero-order valence-electron chi connectivity index (χ0n) is 7.84. The van der Waals surface area contributed by atoms with Gasteiger partial charge in [0.15, 0.2) is 0 Å². The van der Waals surface area contributed by atoms with E-state index in [1.54, 1.807) is 9.80 Å². The maximum absolute atomic E-state index is 4.56. The molecule has 0 atom stereocenters. The Morgan fingerprint density at radius 1 is 0.846 bits per heavy atom. The van der Waals surface area contributed by atoms with Gasteiger partial charge in [-0.25, -0.2) is 0 Å². The van der Waals surface area contributed by atoms with Crippen LogP contribution in [0.15, 0.2) is 0 Å². The van der Waals surface area contributed by atoms with Crippen molar-refractivity contribution in [3.63, 3.8) is 0 Å². The van der Waals surface area contributed by atoms with E-state index < -0.39 is 0 Å². The Balaban J connectivity index is -0.000000143. The summed E-state index contributed by atoms with van der Waals surface area (Å²) in [5.74, 6) is 0. The van der Waals surface area contributed by atoms with Gasteiger partial charge in [0.1, 0.15) is 0 Å². The molecule has 0 aliphatic rings. The van der Waals surface area contributed by atoms with Crippen LogP contribution in [0.25, 0.3) is 0 Å². The molecule has 0 aliphatic carbocycles. The molecule has 0 amide bonds. The molecule has 0 saturated heterocycles. The van der Waals surface area contributed by atoms with E-state index in [9.17, 15) is 0 Å². The smallest absolute Gasteiger partial charge is 0.411 e. The summed E-state index contributed by atoms with van der Waals surface area (Å²) in [6, 6.07) is 0. The Morgan fingerprint density at radius 2 is 0.923 bits per heavy atom. The van der Waals surface area contributed by atoms with E-state index in [2.05, 4.69) is 49.7 Å². The molecule has 0 radical (unpaired) electrons. The van der Waals surface area contributed by atoms with Crippen LogP contribution in [0.3, 0.4) is 0 Å². The first-order valence-electron chi connectivity index (χ1n) is 3.05. The second-order valence-electron chi connectivity index (χ2n) is 2.32. The standard InChI is InChI=1S/2C3H7NS2.Ni/c2*1-4(2)3(5)6;/h2*1-2H3,(H,5,6);/q;;+2/p-2. The molecule has 0 spiro atoms. The average molecular weight is 299 g/mol. The molecule has 0 aromatic heterocycles. The number of hydrogen-bond acceptors (Lipinski definition) is 4. The van der Waals surface area contributed by atoms with Crippen molar-refractivity contribution >= 4 is 58.3 Å². The number of rotatable bonds is 0. The van der Waals surface area contributed by atoms with Crippen LogP contribution in [0.5, 0.6) is 0 Å². The first-order valence-corrected chi connectivity index (χ1v) is 4.69. The summed E-state index contributed by atoms with van der Waals surface area (Å²) in [7, 11) is 7.31. The summed E-state index contributed by atoms with van der Waals surface area (Å²) >= 11 is 18.2. The topological polar surface area (TPSA) is 6.48 Å². The molecule has 0 aromatic rings. The fourth-order valence-corrected chi connectivity index (χ4v) is 0. The van der Waals surface area contributed by atoms with E-state index in [0.717, 1.165) is 0 Å². The molecule has 0 saturated carbocycles. The third-order valence-electron chi connectivity index (χ3n) is 0.730. The molecule has 0 bridgehead atoms. The Kier molecular flexibility index (Phi) is 16.0. The number of nitrogens with zero attached hydrogens (tertiary/aromatic N) is 2. The number of thiocarbonyl (C=S) groups is 2. The van der Waals surface area contributed by atoms with Crippen molar-refractivity contribution in [1.29, 1.82) is 0 Å². The Labute approximate surface area is 112 Å². The first-order chi connectivity index (χ1) is 5.29. The van der Waals surface area contributed by atoms with Crippen LogP contribution in [-0.2, 0) is 41.7 Å². The normalized spacial score (nSPS) is 7.08. The first kappa shape index (κ1) is 19.3. The van der Waals surface area contributed by atoms with E-state index in [-0.39, 0.29) is 16.5 Å². The zero-order valence-corrected chi connectivity index (χ0v) is 12.1. The molecule has 80 valence electrons. The maximum atomic E-state index is 4.56. The fraction of sp³-hybridized carbons (Fsp3) is 0.667. The Bertz CT molecular complexity index is 143. The minimum absolute atomic E-state index is 0. The predicted molar refractivity (Wildman–Crippen MR) is 67.3 cm³/mol. The fourth-order valence-electron chi connectivity index (χ4n) is 0. The van der Waals surface area contributed by atoms with Gasteiger partial charge in [0.05, 0.1) is 0 Å². The van der Waals surface area contributed by atoms with Crippen molar-refractivity contribution in [2.24, 2.45) is 0 Å². The van der Waals surface area contributed by atoms with Crippen LogP contribution in [0, 0.1) is 0 Å². The monoisotopic (exact) mass is 298 g/mol. The molecule has 7 heteroatoms. The summed E-state index contributed by atoms with van der Waals surface area (Å²) in [5.41, 5.74) is 0. The molecule has 0 aliphatic heterocycles. The molecule has 0 rings (SSSR count).